The van der Waals surface area contributed by atoms with Gasteiger partial charge in [0.05, 0.1) is 10.1 Å². The van der Waals surface area contributed by atoms with Gasteiger partial charge in [0.15, 0.2) is 0 Å². The fourth-order valence-corrected chi connectivity index (χ4v) is 3.58. The summed E-state index contributed by atoms with van der Waals surface area (Å²) in [6, 6.07) is 23.8. The molecular formula is C26H24N4O3. The number of nitrogens with one attached hydrogen (secondary N) is 2. The molecule has 0 saturated heterocycles. The molecule has 0 aliphatic heterocycles. The third kappa shape index (κ3) is 4.99. The Morgan fingerprint density at radius 1 is 1.03 bits per heavy atom. The zero-order valence-corrected chi connectivity index (χ0v) is 18.2. The highest BCUT2D eigenvalue weighted by Gasteiger charge is 2.27. The molecule has 166 valence electrons. The van der Waals surface area contributed by atoms with Gasteiger partial charge < -0.3 is 20.6 Å². The quantitative estimate of drug-likeness (QED) is 0.332. The predicted molar refractivity (Wildman–Crippen MR) is 130 cm³/mol. The Morgan fingerprint density at radius 2 is 1.73 bits per heavy atom. The van der Waals surface area contributed by atoms with Gasteiger partial charge in [-0.05, 0) is 36.2 Å². The Kier molecular flexibility index (Phi) is 6.61. The fourth-order valence-electron chi connectivity index (χ4n) is 3.58. The summed E-state index contributed by atoms with van der Waals surface area (Å²) in [4.78, 5) is 25.9. The molecule has 4 aromatic rings. The number of hydrogen-bond acceptors (Lipinski definition) is 4. The van der Waals surface area contributed by atoms with Crippen LogP contribution in [0.3, 0.4) is 0 Å². The molecule has 0 bridgehead atoms. The van der Waals surface area contributed by atoms with Crippen LogP contribution < -0.4 is 15.1 Å². The topological polar surface area (TPSA) is 92.1 Å². The van der Waals surface area contributed by atoms with Gasteiger partial charge in [-0.25, -0.2) is 0 Å². The first-order chi connectivity index (χ1) is 16.0. The second kappa shape index (κ2) is 9.93. The summed E-state index contributed by atoms with van der Waals surface area (Å²) < 4.78 is 1.17. The van der Waals surface area contributed by atoms with Crippen molar-refractivity contribution in [1.82, 2.24) is 10.0 Å². The van der Waals surface area contributed by atoms with E-state index in [2.05, 4.69) is 10.6 Å². The van der Waals surface area contributed by atoms with Crippen molar-refractivity contribution in [1.29, 1.82) is 0 Å². The summed E-state index contributed by atoms with van der Waals surface area (Å²) in [6.07, 6.45) is 4.05. The second-order valence-electron chi connectivity index (χ2n) is 7.61. The number of amides is 1. The predicted octanol–water partition coefficient (Wildman–Crippen LogP) is 4.27. The standard InChI is InChI=1S/C26H24N4O3/c1-19-25(26(31)28-22-12-6-3-7-13-22)30(33)24-17-21(14-15-23(24)29(19)32)18-27-16-8-11-20-9-4-2-5-10-20/h2-15,17,27H,16,18H2,1H3,(H,28,31)/b11-8+. The molecule has 7 heteroatoms. The Bertz CT molecular complexity index is 1360. The first-order valence-corrected chi connectivity index (χ1v) is 10.6. The third-order valence-corrected chi connectivity index (χ3v) is 5.28. The van der Waals surface area contributed by atoms with E-state index in [-0.39, 0.29) is 22.4 Å². The summed E-state index contributed by atoms with van der Waals surface area (Å²) in [5.74, 6) is -0.630. The summed E-state index contributed by atoms with van der Waals surface area (Å²) in [7, 11) is 0. The van der Waals surface area contributed by atoms with Crippen molar-refractivity contribution in [3.05, 3.63) is 118 Å². The van der Waals surface area contributed by atoms with Crippen LogP contribution in [0.15, 0.2) is 84.9 Å². The Hall–Kier alpha value is -4.23. The maximum absolute atomic E-state index is 13.1. The molecule has 33 heavy (non-hydrogen) atoms. The van der Waals surface area contributed by atoms with E-state index in [9.17, 15) is 14.9 Å². The van der Waals surface area contributed by atoms with Crippen molar-refractivity contribution in [3.63, 3.8) is 0 Å². The molecule has 0 aliphatic rings. The molecule has 0 fully saturated rings. The molecule has 0 aliphatic carbocycles. The number of hydrogen-bond donors (Lipinski definition) is 2. The number of anilines is 1. The van der Waals surface area contributed by atoms with Crippen molar-refractivity contribution >= 4 is 28.7 Å². The van der Waals surface area contributed by atoms with E-state index in [1.54, 1.807) is 42.5 Å². The lowest BCUT2D eigenvalue weighted by Gasteiger charge is -2.16. The van der Waals surface area contributed by atoms with E-state index < -0.39 is 5.91 Å². The molecule has 2 N–H and O–H groups in total. The average Bonchev–Trinajstić information content (AvgIpc) is 2.84. The van der Waals surface area contributed by atoms with Crippen LogP contribution in [0.4, 0.5) is 5.69 Å². The van der Waals surface area contributed by atoms with Crippen LogP contribution in [0.25, 0.3) is 17.1 Å². The number of aromatic nitrogens is 2. The molecule has 0 saturated carbocycles. The average molecular weight is 441 g/mol. The van der Waals surface area contributed by atoms with Crippen molar-refractivity contribution in [2.45, 2.75) is 13.5 Å². The second-order valence-corrected chi connectivity index (χ2v) is 7.61. The molecule has 1 heterocycles. The first kappa shape index (κ1) is 22.0. The zero-order valence-electron chi connectivity index (χ0n) is 18.2. The molecule has 3 aromatic carbocycles. The lowest BCUT2D eigenvalue weighted by molar-refractivity contribution is -0.468. The number of carbonyl (C=O) groups is 1. The molecule has 1 aromatic heterocycles. The SMILES string of the molecule is Cc1c(C(=O)Nc2ccccc2)[n+](=O)c2cc(CNC/C=C/c3ccccc3)ccc2n1[O-]. The maximum atomic E-state index is 13.1. The molecular weight excluding hydrogens is 416 g/mol. The molecule has 7 nitrogen and oxygen atoms in total. The molecule has 0 radical (unpaired) electrons. The van der Waals surface area contributed by atoms with E-state index in [0.29, 0.717) is 27.9 Å². The van der Waals surface area contributed by atoms with Crippen LogP contribution >= 0.6 is 0 Å². The van der Waals surface area contributed by atoms with E-state index in [1.165, 1.54) is 6.92 Å². The summed E-state index contributed by atoms with van der Waals surface area (Å²) >= 11 is 0. The number of para-hydroxylation sites is 1. The normalized spacial score (nSPS) is 11.2. The highest BCUT2D eigenvalue weighted by Crippen LogP contribution is 2.17. The number of rotatable bonds is 7. The van der Waals surface area contributed by atoms with Crippen LogP contribution in [0, 0.1) is 17.0 Å². The van der Waals surface area contributed by atoms with E-state index in [1.807, 2.05) is 48.6 Å². The number of nitrogens with zero attached hydrogens (tertiary/aromatic N) is 2. The highest BCUT2D eigenvalue weighted by atomic mass is 16.5. The molecule has 0 unspecified atom stereocenters. The summed E-state index contributed by atoms with van der Waals surface area (Å²) in [5, 5.41) is 18.7. The Morgan fingerprint density at radius 3 is 2.45 bits per heavy atom. The molecule has 4 rings (SSSR count). The number of carbonyl (C=O) groups excluding carboxylic acids is 1. The zero-order chi connectivity index (χ0) is 23.2. The van der Waals surface area contributed by atoms with Crippen LogP contribution in [0.2, 0.25) is 0 Å². The van der Waals surface area contributed by atoms with Crippen molar-refractivity contribution in [2.24, 2.45) is 0 Å². The largest absolute Gasteiger partial charge is 0.805 e. The van der Waals surface area contributed by atoms with Crippen molar-refractivity contribution in [2.75, 3.05) is 11.9 Å². The van der Waals surface area contributed by atoms with Gasteiger partial charge in [0.2, 0.25) is 0 Å². The van der Waals surface area contributed by atoms with Gasteiger partial charge in [-0.3, -0.25) is 4.79 Å². The lowest BCUT2D eigenvalue weighted by atomic mass is 10.1. The van der Waals surface area contributed by atoms with Crippen LogP contribution in [-0.4, -0.2) is 17.2 Å². The van der Waals surface area contributed by atoms with Gasteiger partial charge in [0.25, 0.3) is 5.52 Å². The van der Waals surface area contributed by atoms with Gasteiger partial charge in [-0.1, -0.05) is 66.7 Å². The first-order valence-electron chi connectivity index (χ1n) is 10.6. The van der Waals surface area contributed by atoms with Crippen LogP contribution in [0.1, 0.15) is 27.3 Å². The molecule has 1 amide bonds. The summed E-state index contributed by atoms with van der Waals surface area (Å²) in [5.41, 5.74) is 2.67. The van der Waals surface area contributed by atoms with Gasteiger partial charge >= 0.3 is 11.6 Å². The minimum absolute atomic E-state index is 0.0443. The van der Waals surface area contributed by atoms with Crippen molar-refractivity contribution < 1.29 is 9.22 Å². The highest BCUT2D eigenvalue weighted by molar-refractivity contribution is 6.03. The molecule has 0 atom stereocenters. The fraction of sp³-hybridized carbons (Fsp3) is 0.115. The Labute approximate surface area is 191 Å². The van der Waals surface area contributed by atoms with Gasteiger partial charge in [0.1, 0.15) is 5.52 Å². The summed E-state index contributed by atoms with van der Waals surface area (Å²) in [6.45, 7) is 2.62. The number of benzene rings is 3. The molecule has 0 spiro atoms. The lowest BCUT2D eigenvalue weighted by Crippen LogP contribution is -2.33. The van der Waals surface area contributed by atoms with Crippen LogP contribution in [-0.2, 0) is 6.54 Å². The van der Waals surface area contributed by atoms with E-state index in [0.717, 1.165) is 11.1 Å². The minimum Gasteiger partial charge on any atom is -0.805 e. The van der Waals surface area contributed by atoms with Gasteiger partial charge in [-0.2, -0.15) is 0 Å². The third-order valence-electron chi connectivity index (χ3n) is 5.28. The Balaban J connectivity index is 1.54. The maximum Gasteiger partial charge on any atom is 0.346 e. The smallest absolute Gasteiger partial charge is 0.346 e. The monoisotopic (exact) mass is 440 g/mol. The van der Waals surface area contributed by atoms with Crippen LogP contribution in [0.5, 0.6) is 0 Å². The number of fused-ring (bicyclic) bond motifs is 1. The van der Waals surface area contributed by atoms with Crippen molar-refractivity contribution in [3.8, 4) is 0 Å². The van der Waals surface area contributed by atoms with Gasteiger partial charge in [0, 0.05) is 29.8 Å². The van der Waals surface area contributed by atoms with Gasteiger partial charge in [-0.15, -0.1) is 0 Å². The van der Waals surface area contributed by atoms with E-state index >= 15 is 0 Å². The van der Waals surface area contributed by atoms with E-state index in [4.69, 9.17) is 0 Å². The minimum atomic E-state index is -0.630.